The fourth-order valence-corrected chi connectivity index (χ4v) is 4.22. The predicted octanol–water partition coefficient (Wildman–Crippen LogP) is 2.86. The quantitative estimate of drug-likeness (QED) is 0.757. The van der Waals surface area contributed by atoms with Crippen molar-refractivity contribution in [2.24, 2.45) is 21.1 Å². The van der Waals surface area contributed by atoms with E-state index in [0.29, 0.717) is 48.5 Å². The zero-order chi connectivity index (χ0) is 22.2. The smallest absolute Gasteiger partial charge is 0.248 e. The summed E-state index contributed by atoms with van der Waals surface area (Å²) < 4.78 is 11.7. The lowest BCUT2D eigenvalue weighted by molar-refractivity contribution is -0.117. The third kappa shape index (κ3) is 3.30. The van der Waals surface area contributed by atoms with E-state index in [1.54, 1.807) is 19.1 Å². The van der Waals surface area contributed by atoms with Crippen molar-refractivity contribution in [3.8, 4) is 6.07 Å². The molecule has 1 aromatic carbocycles. The number of aliphatic imine (C=N–C) groups is 2. The molecule has 1 saturated heterocycles. The lowest BCUT2D eigenvalue weighted by atomic mass is 9.74. The van der Waals surface area contributed by atoms with E-state index in [0.717, 1.165) is 5.56 Å². The summed E-state index contributed by atoms with van der Waals surface area (Å²) in [6.07, 6.45) is 0.198. The number of amidine groups is 1. The number of amides is 1. The minimum absolute atomic E-state index is 0.0981. The summed E-state index contributed by atoms with van der Waals surface area (Å²) in [6, 6.07) is 9.34. The molecule has 4 rings (SSSR count). The maximum atomic E-state index is 12.4. The van der Waals surface area contributed by atoms with Crippen LogP contribution in [-0.2, 0) is 14.3 Å². The predicted molar refractivity (Wildman–Crippen MR) is 117 cm³/mol. The van der Waals surface area contributed by atoms with Gasteiger partial charge in [-0.3, -0.25) is 4.79 Å². The van der Waals surface area contributed by atoms with Crippen LogP contribution >= 0.6 is 11.6 Å². The third-order valence-electron chi connectivity index (χ3n) is 5.67. The second kappa shape index (κ2) is 8.17. The van der Waals surface area contributed by atoms with E-state index >= 15 is 0 Å². The number of morpholine rings is 1. The van der Waals surface area contributed by atoms with Crippen LogP contribution in [0.15, 0.2) is 51.2 Å². The minimum Gasteiger partial charge on any atom is -0.440 e. The Hall–Kier alpha value is -3.15. The Bertz CT molecular complexity index is 1090. The first-order valence-electron chi connectivity index (χ1n) is 10.0. The van der Waals surface area contributed by atoms with Crippen LogP contribution in [0.4, 0.5) is 0 Å². The van der Waals surface area contributed by atoms with Crippen molar-refractivity contribution in [2.75, 3.05) is 26.3 Å². The molecule has 31 heavy (non-hydrogen) atoms. The van der Waals surface area contributed by atoms with Crippen LogP contribution in [0.3, 0.4) is 0 Å². The first-order chi connectivity index (χ1) is 14.9. The highest BCUT2D eigenvalue weighted by Gasteiger charge is 2.60. The van der Waals surface area contributed by atoms with Gasteiger partial charge in [0.05, 0.1) is 18.8 Å². The van der Waals surface area contributed by atoms with Crippen molar-refractivity contribution in [1.29, 1.82) is 5.26 Å². The average Bonchev–Trinajstić information content (AvgIpc) is 3.24. The molecule has 0 radical (unpaired) electrons. The number of nitrogens with two attached hydrogens (primary N) is 1. The molecule has 160 valence electrons. The van der Waals surface area contributed by atoms with Crippen molar-refractivity contribution in [1.82, 2.24) is 4.90 Å². The number of nitriles is 1. The Balaban J connectivity index is 1.96. The monoisotopic (exact) mass is 439 g/mol. The Morgan fingerprint density at radius 1 is 1.35 bits per heavy atom. The van der Waals surface area contributed by atoms with Gasteiger partial charge < -0.3 is 20.1 Å². The Labute approximate surface area is 185 Å². The van der Waals surface area contributed by atoms with Crippen molar-refractivity contribution in [3.63, 3.8) is 0 Å². The van der Waals surface area contributed by atoms with Crippen LogP contribution in [0.1, 0.15) is 25.8 Å². The van der Waals surface area contributed by atoms with Gasteiger partial charge >= 0.3 is 0 Å². The van der Waals surface area contributed by atoms with Gasteiger partial charge in [-0.25, -0.2) is 4.99 Å². The van der Waals surface area contributed by atoms with Gasteiger partial charge in [0.1, 0.15) is 23.5 Å². The van der Waals surface area contributed by atoms with Crippen LogP contribution in [0.2, 0.25) is 5.02 Å². The van der Waals surface area contributed by atoms with Gasteiger partial charge in [0.15, 0.2) is 5.41 Å². The van der Waals surface area contributed by atoms with Crippen molar-refractivity contribution in [3.05, 3.63) is 51.8 Å². The fraction of sp³-hybridized carbons (Fsp3) is 0.364. The first kappa shape index (κ1) is 21.1. The number of rotatable bonds is 2. The largest absolute Gasteiger partial charge is 0.440 e. The van der Waals surface area contributed by atoms with E-state index in [1.807, 2.05) is 24.0 Å². The van der Waals surface area contributed by atoms with E-state index in [9.17, 15) is 10.1 Å². The normalized spacial score (nSPS) is 24.6. The Morgan fingerprint density at radius 2 is 2.03 bits per heavy atom. The molecule has 0 saturated carbocycles. The number of hydrogen-bond donors (Lipinski definition) is 1. The molecule has 3 aliphatic rings. The molecule has 0 aliphatic carbocycles. The Kier molecular flexibility index (Phi) is 5.56. The number of carbonyl (C=O) groups is 1. The molecule has 9 heteroatoms. The first-order valence-corrected chi connectivity index (χ1v) is 10.4. The number of hydrogen-bond acceptors (Lipinski definition) is 7. The number of nitrogens with zero attached hydrogens (tertiary/aromatic N) is 4. The molecule has 1 spiro atoms. The van der Waals surface area contributed by atoms with Crippen LogP contribution < -0.4 is 5.73 Å². The number of ether oxygens (including phenoxy) is 2. The van der Waals surface area contributed by atoms with Crippen LogP contribution in [-0.4, -0.2) is 48.8 Å². The molecule has 1 amide bonds. The molecule has 3 heterocycles. The van der Waals surface area contributed by atoms with Gasteiger partial charge in [-0.1, -0.05) is 18.5 Å². The molecule has 1 atom stereocenters. The maximum absolute atomic E-state index is 12.4. The fourth-order valence-electron chi connectivity index (χ4n) is 4.10. The highest BCUT2D eigenvalue weighted by molar-refractivity contribution is 6.30. The summed E-state index contributed by atoms with van der Waals surface area (Å²) in [6.45, 7) is 5.76. The zero-order valence-electron chi connectivity index (χ0n) is 17.3. The molecular weight excluding hydrogens is 418 g/mol. The van der Waals surface area contributed by atoms with Gasteiger partial charge in [-0.15, -0.1) is 0 Å². The van der Waals surface area contributed by atoms with Crippen molar-refractivity contribution in [2.45, 2.75) is 20.3 Å². The van der Waals surface area contributed by atoms with E-state index in [-0.39, 0.29) is 29.6 Å². The summed E-state index contributed by atoms with van der Waals surface area (Å²) in [5.74, 6) is 0.880. The molecule has 1 fully saturated rings. The zero-order valence-corrected chi connectivity index (χ0v) is 18.1. The van der Waals surface area contributed by atoms with E-state index in [1.165, 1.54) is 0 Å². The summed E-state index contributed by atoms with van der Waals surface area (Å²) in [4.78, 5) is 23.2. The molecule has 8 nitrogen and oxygen atoms in total. The molecule has 0 bridgehead atoms. The van der Waals surface area contributed by atoms with Gasteiger partial charge in [0.25, 0.3) is 0 Å². The lowest BCUT2D eigenvalue weighted by Crippen LogP contribution is -2.51. The van der Waals surface area contributed by atoms with Gasteiger partial charge in [-0.2, -0.15) is 10.3 Å². The molecule has 1 unspecified atom stereocenters. The van der Waals surface area contributed by atoms with E-state index in [4.69, 9.17) is 26.8 Å². The van der Waals surface area contributed by atoms with Gasteiger partial charge in [-0.05, 0) is 36.8 Å². The second-order valence-corrected chi connectivity index (χ2v) is 7.82. The van der Waals surface area contributed by atoms with Crippen LogP contribution in [0, 0.1) is 16.7 Å². The van der Waals surface area contributed by atoms with E-state index < -0.39 is 5.41 Å². The third-order valence-corrected chi connectivity index (χ3v) is 5.93. The topological polar surface area (TPSA) is 113 Å². The van der Waals surface area contributed by atoms with Crippen molar-refractivity contribution < 1.29 is 14.3 Å². The molecule has 2 N–H and O–H groups in total. The average molecular weight is 440 g/mol. The standard InChI is InChI=1S/C22H22ClN5O3/c1-3-17(29)26-21-22(13(2)18(31-21)14-4-6-15(23)7-5-14)16(12-24)19(25)27-20(22)28-8-10-30-11-9-28/h4-7H,3,8-11,25H2,1-2H3. The molecule has 0 aromatic heterocycles. The van der Waals surface area contributed by atoms with Gasteiger partial charge in [0, 0.05) is 30.1 Å². The SMILES string of the molecule is CCC(=O)N=C1OC(c2ccc(Cl)cc2)=C(C)C12C(N1CCOCC1)=NC(N)=C2C#N. The number of halogens is 1. The van der Waals surface area contributed by atoms with E-state index in [2.05, 4.69) is 16.1 Å². The summed E-state index contributed by atoms with van der Waals surface area (Å²) in [7, 11) is 0. The maximum Gasteiger partial charge on any atom is 0.248 e. The Morgan fingerprint density at radius 3 is 2.65 bits per heavy atom. The summed E-state index contributed by atoms with van der Waals surface area (Å²) >= 11 is 6.05. The molecule has 1 aromatic rings. The van der Waals surface area contributed by atoms with Crippen LogP contribution in [0.25, 0.3) is 5.76 Å². The van der Waals surface area contributed by atoms with Crippen LogP contribution in [0.5, 0.6) is 0 Å². The van der Waals surface area contributed by atoms with Gasteiger partial charge in [0.2, 0.25) is 11.8 Å². The highest BCUT2D eigenvalue weighted by atomic mass is 35.5. The number of carbonyl (C=O) groups excluding carboxylic acids is 1. The lowest BCUT2D eigenvalue weighted by Gasteiger charge is -2.36. The second-order valence-electron chi connectivity index (χ2n) is 7.38. The number of benzene rings is 1. The summed E-state index contributed by atoms with van der Waals surface area (Å²) in [5.41, 5.74) is 6.61. The summed E-state index contributed by atoms with van der Waals surface area (Å²) in [5, 5.41) is 10.6. The minimum atomic E-state index is -1.25. The molecular formula is C22H22ClN5O3. The van der Waals surface area contributed by atoms with Crippen molar-refractivity contribution >= 4 is 35.0 Å². The highest BCUT2D eigenvalue weighted by Crippen LogP contribution is 2.52. The molecule has 3 aliphatic heterocycles.